The van der Waals surface area contributed by atoms with Crippen LogP contribution in [0.15, 0.2) is 24.3 Å². The summed E-state index contributed by atoms with van der Waals surface area (Å²) in [4.78, 5) is 24.8. The zero-order valence-electron chi connectivity index (χ0n) is 14.6. The number of carbonyl (C=O) groups is 2. The molecule has 4 N–H and O–H groups in total. The fraction of sp³-hybridized carbons (Fsp3) is 0.556. The van der Waals surface area contributed by atoms with Crippen LogP contribution in [0.25, 0.3) is 0 Å². The quantitative estimate of drug-likeness (QED) is 0.619. The first-order chi connectivity index (χ1) is 11.6. The molecule has 0 saturated heterocycles. The topological polar surface area (TPSA) is 82.3 Å². The highest BCUT2D eigenvalue weighted by molar-refractivity contribution is 6.00. The fourth-order valence-electron chi connectivity index (χ4n) is 3.09. The van der Waals surface area contributed by atoms with Gasteiger partial charge in [-0.05, 0) is 44.0 Å². The van der Waals surface area contributed by atoms with Crippen molar-refractivity contribution in [1.82, 2.24) is 16.0 Å². The minimum atomic E-state index is -0.809. The van der Waals surface area contributed by atoms with Gasteiger partial charge in [0.25, 0.3) is 0 Å². The van der Waals surface area contributed by atoms with Gasteiger partial charge < -0.3 is 21.3 Å². The van der Waals surface area contributed by atoms with Crippen molar-refractivity contribution in [3.05, 3.63) is 29.8 Å². The molecule has 1 aromatic carbocycles. The van der Waals surface area contributed by atoms with Gasteiger partial charge in [-0.2, -0.15) is 0 Å². The summed E-state index contributed by atoms with van der Waals surface area (Å²) < 4.78 is 0. The SMILES string of the molecule is CCNCc1cccc(NC(=O)C2(NC(=O)NCC)CCCC2)c1. The Hall–Kier alpha value is -2.08. The first kappa shape index (κ1) is 18.3. The number of rotatable bonds is 7. The van der Waals surface area contributed by atoms with E-state index in [0.717, 1.165) is 37.2 Å². The minimum Gasteiger partial charge on any atom is -0.338 e. The summed E-state index contributed by atoms with van der Waals surface area (Å²) in [6.45, 7) is 6.12. The lowest BCUT2D eigenvalue weighted by Crippen LogP contribution is -2.57. The summed E-state index contributed by atoms with van der Waals surface area (Å²) in [5.74, 6) is -0.133. The first-order valence-electron chi connectivity index (χ1n) is 8.77. The molecule has 1 aliphatic carbocycles. The van der Waals surface area contributed by atoms with Crippen molar-refractivity contribution >= 4 is 17.6 Å². The van der Waals surface area contributed by atoms with Crippen LogP contribution in [0, 0.1) is 0 Å². The van der Waals surface area contributed by atoms with Crippen molar-refractivity contribution in [1.29, 1.82) is 0 Å². The van der Waals surface area contributed by atoms with Crippen LogP contribution in [0.4, 0.5) is 10.5 Å². The van der Waals surface area contributed by atoms with Gasteiger partial charge >= 0.3 is 6.03 Å². The number of carbonyl (C=O) groups excluding carboxylic acids is 2. The van der Waals surface area contributed by atoms with Gasteiger partial charge in [0.05, 0.1) is 0 Å². The average Bonchev–Trinajstić information content (AvgIpc) is 3.03. The Morgan fingerprint density at radius 1 is 1.12 bits per heavy atom. The maximum absolute atomic E-state index is 12.8. The standard InChI is InChI=1S/C18H28N4O2/c1-3-19-13-14-8-7-9-15(12-14)21-16(23)18(10-5-6-11-18)22-17(24)20-4-2/h7-9,12,19H,3-6,10-11,13H2,1-2H3,(H,21,23)(H2,20,22,24). The molecule has 0 spiro atoms. The Morgan fingerprint density at radius 3 is 2.54 bits per heavy atom. The zero-order valence-corrected chi connectivity index (χ0v) is 14.6. The lowest BCUT2D eigenvalue weighted by atomic mass is 9.96. The van der Waals surface area contributed by atoms with Crippen LogP contribution < -0.4 is 21.3 Å². The van der Waals surface area contributed by atoms with Crippen molar-refractivity contribution < 1.29 is 9.59 Å². The van der Waals surface area contributed by atoms with Crippen LogP contribution in [0.5, 0.6) is 0 Å². The van der Waals surface area contributed by atoms with E-state index in [4.69, 9.17) is 0 Å². The van der Waals surface area contributed by atoms with Gasteiger partial charge in [-0.15, -0.1) is 0 Å². The number of hydrogen-bond acceptors (Lipinski definition) is 3. The lowest BCUT2D eigenvalue weighted by molar-refractivity contribution is -0.121. The van der Waals surface area contributed by atoms with E-state index in [0.29, 0.717) is 19.4 Å². The molecule has 3 amide bonds. The van der Waals surface area contributed by atoms with E-state index in [-0.39, 0.29) is 11.9 Å². The summed E-state index contributed by atoms with van der Waals surface area (Å²) in [5.41, 5.74) is 1.07. The third-order valence-corrected chi connectivity index (χ3v) is 4.35. The molecular weight excluding hydrogens is 304 g/mol. The summed E-state index contributed by atoms with van der Waals surface area (Å²) in [5, 5.41) is 11.8. The molecule has 0 aliphatic heterocycles. The van der Waals surface area contributed by atoms with Crippen LogP contribution >= 0.6 is 0 Å². The molecule has 1 aromatic rings. The number of benzene rings is 1. The van der Waals surface area contributed by atoms with Crippen LogP contribution in [0.1, 0.15) is 45.1 Å². The van der Waals surface area contributed by atoms with Crippen LogP contribution in [0.2, 0.25) is 0 Å². The lowest BCUT2D eigenvalue weighted by Gasteiger charge is -2.29. The third kappa shape index (κ3) is 4.71. The summed E-state index contributed by atoms with van der Waals surface area (Å²) in [6.07, 6.45) is 3.24. The summed E-state index contributed by atoms with van der Waals surface area (Å²) >= 11 is 0. The highest BCUT2D eigenvalue weighted by Crippen LogP contribution is 2.31. The molecule has 1 saturated carbocycles. The van der Waals surface area contributed by atoms with Gasteiger partial charge in [0.1, 0.15) is 5.54 Å². The van der Waals surface area contributed by atoms with Gasteiger partial charge in [0.15, 0.2) is 0 Å². The van der Waals surface area contributed by atoms with Crippen molar-refractivity contribution in [2.45, 2.75) is 51.6 Å². The molecule has 0 bridgehead atoms. The van der Waals surface area contributed by atoms with Gasteiger partial charge in [-0.3, -0.25) is 4.79 Å². The van der Waals surface area contributed by atoms with E-state index in [1.54, 1.807) is 0 Å². The Balaban J connectivity index is 2.06. The molecule has 0 unspecified atom stereocenters. The normalized spacial score (nSPS) is 15.8. The van der Waals surface area contributed by atoms with E-state index >= 15 is 0 Å². The molecular formula is C18H28N4O2. The monoisotopic (exact) mass is 332 g/mol. The zero-order chi connectivity index (χ0) is 17.4. The highest BCUT2D eigenvalue weighted by Gasteiger charge is 2.42. The molecule has 24 heavy (non-hydrogen) atoms. The molecule has 0 aromatic heterocycles. The molecule has 1 fully saturated rings. The molecule has 2 rings (SSSR count). The van der Waals surface area contributed by atoms with Crippen LogP contribution in [0.3, 0.4) is 0 Å². The van der Waals surface area contributed by atoms with E-state index in [9.17, 15) is 9.59 Å². The number of hydrogen-bond donors (Lipinski definition) is 4. The Kier molecular flexibility index (Phi) is 6.61. The second-order valence-electron chi connectivity index (χ2n) is 6.21. The van der Waals surface area contributed by atoms with Crippen molar-refractivity contribution in [3.63, 3.8) is 0 Å². The Morgan fingerprint density at radius 2 is 1.88 bits per heavy atom. The van der Waals surface area contributed by atoms with Crippen molar-refractivity contribution in [2.24, 2.45) is 0 Å². The Labute approximate surface area is 143 Å². The highest BCUT2D eigenvalue weighted by atomic mass is 16.2. The molecule has 6 nitrogen and oxygen atoms in total. The number of nitrogens with one attached hydrogen (secondary N) is 4. The first-order valence-corrected chi connectivity index (χ1v) is 8.77. The number of anilines is 1. The maximum Gasteiger partial charge on any atom is 0.315 e. The second-order valence-corrected chi connectivity index (χ2v) is 6.21. The van der Waals surface area contributed by atoms with Crippen LogP contribution in [-0.4, -0.2) is 30.6 Å². The van der Waals surface area contributed by atoms with Gasteiger partial charge in [0.2, 0.25) is 5.91 Å². The Bertz CT molecular complexity index is 568. The average molecular weight is 332 g/mol. The number of amides is 3. The summed E-state index contributed by atoms with van der Waals surface area (Å²) in [7, 11) is 0. The summed E-state index contributed by atoms with van der Waals surface area (Å²) in [6, 6.07) is 7.52. The smallest absolute Gasteiger partial charge is 0.315 e. The van der Waals surface area contributed by atoms with Gasteiger partial charge in [-0.25, -0.2) is 4.79 Å². The molecule has 132 valence electrons. The van der Waals surface area contributed by atoms with E-state index < -0.39 is 5.54 Å². The van der Waals surface area contributed by atoms with Gasteiger partial charge in [0, 0.05) is 18.8 Å². The van der Waals surface area contributed by atoms with Crippen LogP contribution in [-0.2, 0) is 11.3 Å². The van der Waals surface area contributed by atoms with E-state index in [1.807, 2.05) is 31.2 Å². The largest absolute Gasteiger partial charge is 0.338 e. The predicted molar refractivity (Wildman–Crippen MR) is 95.9 cm³/mol. The fourth-order valence-corrected chi connectivity index (χ4v) is 3.09. The minimum absolute atomic E-state index is 0.133. The van der Waals surface area contributed by atoms with Crippen molar-refractivity contribution in [3.8, 4) is 0 Å². The molecule has 1 aliphatic rings. The molecule has 6 heteroatoms. The predicted octanol–water partition coefficient (Wildman–Crippen LogP) is 2.37. The van der Waals surface area contributed by atoms with E-state index in [1.165, 1.54) is 0 Å². The van der Waals surface area contributed by atoms with E-state index in [2.05, 4.69) is 28.2 Å². The maximum atomic E-state index is 12.8. The van der Waals surface area contributed by atoms with Crippen molar-refractivity contribution in [2.75, 3.05) is 18.4 Å². The second kappa shape index (κ2) is 8.68. The van der Waals surface area contributed by atoms with Gasteiger partial charge in [-0.1, -0.05) is 31.9 Å². The third-order valence-electron chi connectivity index (χ3n) is 4.35. The molecule has 0 radical (unpaired) electrons. The molecule has 0 heterocycles. The molecule has 0 atom stereocenters. The number of urea groups is 1.